The number of pyridine rings is 1. The van der Waals surface area contributed by atoms with E-state index in [0.29, 0.717) is 6.42 Å². The van der Waals surface area contributed by atoms with Crippen LogP contribution < -0.4 is 5.32 Å². The van der Waals surface area contributed by atoms with Crippen molar-refractivity contribution < 1.29 is 14.3 Å². The fourth-order valence-electron chi connectivity index (χ4n) is 2.51. The van der Waals surface area contributed by atoms with Crippen LogP contribution >= 0.6 is 0 Å². The van der Waals surface area contributed by atoms with Gasteiger partial charge in [0, 0.05) is 12.6 Å². The molecule has 0 fully saturated rings. The molecule has 0 saturated carbocycles. The smallest absolute Gasteiger partial charge is 0.253 e. The molecule has 0 radical (unpaired) electrons. The first-order valence-electron chi connectivity index (χ1n) is 6.32. The first kappa shape index (κ1) is 12.7. The van der Waals surface area contributed by atoms with Crippen molar-refractivity contribution in [2.24, 2.45) is 0 Å². The minimum Gasteiger partial charge on any atom is -0.390 e. The fraction of sp³-hybridized carbons (Fsp3) is 0.200. The van der Waals surface area contributed by atoms with Gasteiger partial charge in [-0.25, -0.2) is 4.39 Å². The summed E-state index contributed by atoms with van der Waals surface area (Å²) in [7, 11) is 0. The van der Waals surface area contributed by atoms with Gasteiger partial charge in [-0.15, -0.1) is 0 Å². The van der Waals surface area contributed by atoms with Crippen LogP contribution in [0.1, 0.15) is 27.5 Å². The van der Waals surface area contributed by atoms with Crippen LogP contribution in [0.2, 0.25) is 0 Å². The quantitative estimate of drug-likeness (QED) is 0.873. The highest BCUT2D eigenvalue weighted by Gasteiger charge is 2.32. The number of fused-ring (bicyclic) bond motifs is 1. The molecule has 20 heavy (non-hydrogen) atoms. The molecule has 1 amide bonds. The maximum absolute atomic E-state index is 13.1. The lowest BCUT2D eigenvalue weighted by atomic mass is 10.1. The average molecular weight is 272 g/mol. The van der Waals surface area contributed by atoms with Crippen LogP contribution in [0.15, 0.2) is 42.7 Å². The summed E-state index contributed by atoms with van der Waals surface area (Å²) in [6, 6.07) is 8.21. The Morgan fingerprint density at radius 3 is 2.95 bits per heavy atom. The van der Waals surface area contributed by atoms with E-state index in [9.17, 15) is 14.3 Å². The zero-order valence-corrected chi connectivity index (χ0v) is 10.6. The minimum absolute atomic E-state index is 0.140. The SMILES string of the molecule is O=C(N[C@H]1c2ccccc2C[C@H]1O)c1cncc(F)c1. The van der Waals surface area contributed by atoms with E-state index < -0.39 is 23.9 Å². The van der Waals surface area contributed by atoms with Crippen molar-refractivity contribution in [1.82, 2.24) is 10.3 Å². The Kier molecular flexibility index (Phi) is 3.20. The molecule has 4 nitrogen and oxygen atoms in total. The zero-order chi connectivity index (χ0) is 14.1. The molecule has 0 spiro atoms. The lowest BCUT2D eigenvalue weighted by Gasteiger charge is -2.17. The Bertz CT molecular complexity index is 660. The average Bonchev–Trinajstić information content (AvgIpc) is 2.75. The molecule has 1 aromatic carbocycles. The van der Waals surface area contributed by atoms with Gasteiger partial charge in [0.25, 0.3) is 5.91 Å². The van der Waals surface area contributed by atoms with E-state index in [1.807, 2.05) is 24.3 Å². The van der Waals surface area contributed by atoms with E-state index in [-0.39, 0.29) is 5.56 Å². The number of nitrogens with one attached hydrogen (secondary N) is 1. The number of benzene rings is 1. The van der Waals surface area contributed by atoms with E-state index in [4.69, 9.17) is 0 Å². The molecule has 5 heteroatoms. The Hall–Kier alpha value is -2.27. The number of hydrogen-bond donors (Lipinski definition) is 2. The summed E-state index contributed by atoms with van der Waals surface area (Å²) in [6.07, 6.45) is 2.17. The highest BCUT2D eigenvalue weighted by Crippen LogP contribution is 2.31. The number of aliphatic hydroxyl groups excluding tert-OH is 1. The number of nitrogens with zero attached hydrogens (tertiary/aromatic N) is 1. The van der Waals surface area contributed by atoms with Gasteiger partial charge in [-0.2, -0.15) is 0 Å². The summed E-state index contributed by atoms with van der Waals surface area (Å²) in [6.45, 7) is 0. The standard InChI is InChI=1S/C15H13FN2O2/c16-11-5-10(7-17-8-11)15(20)18-14-12-4-2-1-3-9(12)6-13(14)19/h1-5,7-8,13-14,19H,6H2,(H,18,20)/t13-,14+/m1/s1. The third-order valence-corrected chi connectivity index (χ3v) is 3.46. The second kappa shape index (κ2) is 5.02. The fourth-order valence-corrected chi connectivity index (χ4v) is 2.51. The maximum Gasteiger partial charge on any atom is 0.253 e. The number of rotatable bonds is 2. The number of aromatic nitrogens is 1. The monoisotopic (exact) mass is 272 g/mol. The number of aliphatic hydroxyl groups is 1. The molecule has 2 N–H and O–H groups in total. The second-order valence-corrected chi connectivity index (χ2v) is 4.81. The van der Waals surface area contributed by atoms with Crippen LogP contribution in [0.4, 0.5) is 4.39 Å². The predicted octanol–water partition coefficient (Wildman–Crippen LogP) is 1.61. The largest absolute Gasteiger partial charge is 0.390 e. The summed E-state index contributed by atoms with van der Waals surface area (Å²) in [4.78, 5) is 15.7. The van der Waals surface area contributed by atoms with E-state index in [0.717, 1.165) is 23.4 Å². The molecule has 1 aliphatic carbocycles. The third-order valence-electron chi connectivity index (χ3n) is 3.46. The van der Waals surface area contributed by atoms with Gasteiger partial charge in [-0.05, 0) is 17.2 Å². The van der Waals surface area contributed by atoms with Gasteiger partial charge in [0.05, 0.1) is 23.9 Å². The van der Waals surface area contributed by atoms with Gasteiger partial charge in [-0.1, -0.05) is 24.3 Å². The van der Waals surface area contributed by atoms with Gasteiger partial charge in [-0.3, -0.25) is 9.78 Å². The molecule has 2 atom stereocenters. The first-order valence-corrected chi connectivity index (χ1v) is 6.32. The van der Waals surface area contributed by atoms with Gasteiger partial charge >= 0.3 is 0 Å². The van der Waals surface area contributed by atoms with Crippen LogP contribution in [0, 0.1) is 5.82 Å². The molecular formula is C15H13FN2O2. The van der Waals surface area contributed by atoms with E-state index in [2.05, 4.69) is 10.3 Å². The Balaban J connectivity index is 1.83. The third kappa shape index (κ3) is 2.28. The summed E-state index contributed by atoms with van der Waals surface area (Å²) >= 11 is 0. The molecule has 0 saturated heterocycles. The molecule has 102 valence electrons. The van der Waals surface area contributed by atoms with Crippen molar-refractivity contribution in [1.29, 1.82) is 0 Å². The van der Waals surface area contributed by atoms with Crippen molar-refractivity contribution in [3.05, 3.63) is 65.2 Å². The molecule has 0 bridgehead atoms. The zero-order valence-electron chi connectivity index (χ0n) is 10.6. The Morgan fingerprint density at radius 1 is 1.35 bits per heavy atom. The van der Waals surface area contributed by atoms with Crippen molar-refractivity contribution in [3.8, 4) is 0 Å². The van der Waals surface area contributed by atoms with Crippen LogP contribution in [-0.4, -0.2) is 22.1 Å². The van der Waals surface area contributed by atoms with Gasteiger partial charge in [0.1, 0.15) is 5.82 Å². The highest BCUT2D eigenvalue weighted by molar-refractivity contribution is 5.94. The topological polar surface area (TPSA) is 62.2 Å². The molecule has 1 heterocycles. The molecule has 2 aromatic rings. The van der Waals surface area contributed by atoms with Crippen molar-refractivity contribution in [2.45, 2.75) is 18.6 Å². The van der Waals surface area contributed by atoms with Crippen LogP contribution in [-0.2, 0) is 6.42 Å². The van der Waals surface area contributed by atoms with Crippen molar-refractivity contribution in [3.63, 3.8) is 0 Å². The summed E-state index contributed by atoms with van der Waals surface area (Å²) in [5, 5.41) is 12.8. The molecular weight excluding hydrogens is 259 g/mol. The summed E-state index contributed by atoms with van der Waals surface area (Å²) in [5.41, 5.74) is 2.06. The second-order valence-electron chi connectivity index (χ2n) is 4.81. The molecule has 3 rings (SSSR count). The molecule has 1 aromatic heterocycles. The number of carbonyl (C=O) groups excluding carboxylic acids is 1. The number of hydrogen-bond acceptors (Lipinski definition) is 3. The van der Waals surface area contributed by atoms with Gasteiger partial charge in [0.15, 0.2) is 0 Å². The number of halogens is 1. The highest BCUT2D eigenvalue weighted by atomic mass is 19.1. The van der Waals surface area contributed by atoms with Crippen molar-refractivity contribution >= 4 is 5.91 Å². The van der Waals surface area contributed by atoms with Crippen LogP contribution in [0.25, 0.3) is 0 Å². The minimum atomic E-state index is -0.669. The summed E-state index contributed by atoms with van der Waals surface area (Å²) in [5.74, 6) is -1.01. The number of amides is 1. The molecule has 1 aliphatic rings. The lowest BCUT2D eigenvalue weighted by Crippen LogP contribution is -2.33. The molecule has 0 aliphatic heterocycles. The maximum atomic E-state index is 13.1. The van der Waals surface area contributed by atoms with Crippen LogP contribution in [0.3, 0.4) is 0 Å². The number of carbonyl (C=O) groups is 1. The van der Waals surface area contributed by atoms with Crippen molar-refractivity contribution in [2.75, 3.05) is 0 Å². The van der Waals surface area contributed by atoms with Gasteiger partial charge < -0.3 is 10.4 Å². The van der Waals surface area contributed by atoms with E-state index in [1.165, 1.54) is 6.20 Å². The van der Waals surface area contributed by atoms with E-state index >= 15 is 0 Å². The Morgan fingerprint density at radius 2 is 2.15 bits per heavy atom. The predicted molar refractivity (Wildman–Crippen MR) is 70.6 cm³/mol. The Labute approximate surface area is 115 Å². The summed E-state index contributed by atoms with van der Waals surface area (Å²) < 4.78 is 13.1. The van der Waals surface area contributed by atoms with Crippen LogP contribution in [0.5, 0.6) is 0 Å². The first-order chi connectivity index (χ1) is 9.65. The normalized spacial score (nSPS) is 20.5. The molecule has 0 unspecified atom stereocenters. The lowest BCUT2D eigenvalue weighted by molar-refractivity contribution is 0.0857. The van der Waals surface area contributed by atoms with Gasteiger partial charge in [0.2, 0.25) is 0 Å². The van der Waals surface area contributed by atoms with E-state index in [1.54, 1.807) is 0 Å².